The normalized spacial score (nSPS) is 11.4. The molecular formula is C11H12N2O4S. The van der Waals surface area contributed by atoms with E-state index in [2.05, 4.69) is 5.32 Å². The van der Waals surface area contributed by atoms with Gasteiger partial charge in [-0.2, -0.15) is 0 Å². The molecule has 0 unspecified atom stereocenters. The van der Waals surface area contributed by atoms with Crippen molar-refractivity contribution >= 4 is 15.7 Å². The van der Waals surface area contributed by atoms with Gasteiger partial charge in [-0.25, -0.2) is 13.6 Å². The summed E-state index contributed by atoms with van der Waals surface area (Å²) in [5, 5.41) is 17.5. The van der Waals surface area contributed by atoms with Gasteiger partial charge in [-0.3, -0.25) is 0 Å². The Morgan fingerprint density at radius 1 is 1.33 bits per heavy atom. The summed E-state index contributed by atoms with van der Waals surface area (Å²) in [6.07, 6.45) is 1.55. The van der Waals surface area contributed by atoms with Crippen LogP contribution in [0.15, 0.2) is 45.9 Å². The van der Waals surface area contributed by atoms with Crippen molar-refractivity contribution in [2.45, 2.75) is 11.4 Å². The molecule has 0 spiro atoms. The average molecular weight is 268 g/mol. The molecule has 2 rings (SSSR count). The van der Waals surface area contributed by atoms with Gasteiger partial charge in [0.05, 0.1) is 12.8 Å². The first kappa shape index (κ1) is 12.5. The number of benzene rings is 1. The van der Waals surface area contributed by atoms with Gasteiger partial charge < -0.3 is 14.8 Å². The fraction of sp³-hybridized carbons (Fsp3) is 0.0909. The summed E-state index contributed by atoms with van der Waals surface area (Å²) in [4.78, 5) is -0.300. The van der Waals surface area contributed by atoms with Crippen molar-refractivity contribution in [2.75, 3.05) is 5.32 Å². The highest BCUT2D eigenvalue weighted by Crippen LogP contribution is 2.25. The number of aromatic hydroxyl groups is 1. The molecule has 0 fully saturated rings. The van der Waals surface area contributed by atoms with E-state index in [4.69, 9.17) is 9.56 Å². The first-order valence-electron chi connectivity index (χ1n) is 5.09. The van der Waals surface area contributed by atoms with E-state index in [1.807, 2.05) is 0 Å². The molecule has 0 aliphatic heterocycles. The highest BCUT2D eigenvalue weighted by atomic mass is 32.2. The topological polar surface area (TPSA) is 106 Å². The summed E-state index contributed by atoms with van der Waals surface area (Å²) in [5.74, 6) is 0.340. The van der Waals surface area contributed by atoms with Gasteiger partial charge in [0.15, 0.2) is 0 Å². The van der Waals surface area contributed by atoms with Crippen molar-refractivity contribution in [3.8, 4) is 5.75 Å². The van der Waals surface area contributed by atoms with Crippen molar-refractivity contribution in [2.24, 2.45) is 5.14 Å². The summed E-state index contributed by atoms with van der Waals surface area (Å²) >= 11 is 0. The van der Waals surface area contributed by atoms with Gasteiger partial charge in [0.1, 0.15) is 16.4 Å². The number of anilines is 1. The van der Waals surface area contributed by atoms with Gasteiger partial charge >= 0.3 is 0 Å². The second kappa shape index (κ2) is 4.71. The predicted molar refractivity (Wildman–Crippen MR) is 65.5 cm³/mol. The summed E-state index contributed by atoms with van der Waals surface area (Å²) in [5.41, 5.74) is 0.566. The van der Waals surface area contributed by atoms with Gasteiger partial charge in [-0.15, -0.1) is 0 Å². The van der Waals surface area contributed by atoms with E-state index in [1.165, 1.54) is 18.2 Å². The number of hydrogen-bond acceptors (Lipinski definition) is 5. The van der Waals surface area contributed by atoms with Crippen LogP contribution in [0.5, 0.6) is 5.75 Å². The Kier molecular flexibility index (Phi) is 3.26. The SMILES string of the molecule is NS(=O)(=O)c1ccc(NCc2ccco2)cc1O. The highest BCUT2D eigenvalue weighted by Gasteiger charge is 2.13. The zero-order chi connectivity index (χ0) is 13.2. The summed E-state index contributed by atoms with van der Waals surface area (Å²) < 4.78 is 27.3. The highest BCUT2D eigenvalue weighted by molar-refractivity contribution is 7.89. The molecule has 1 aromatic heterocycles. The lowest BCUT2D eigenvalue weighted by molar-refractivity contribution is 0.459. The molecule has 4 N–H and O–H groups in total. The average Bonchev–Trinajstić information content (AvgIpc) is 2.77. The minimum atomic E-state index is -3.90. The van der Waals surface area contributed by atoms with E-state index < -0.39 is 10.0 Å². The summed E-state index contributed by atoms with van der Waals surface area (Å²) in [7, 11) is -3.90. The molecule has 0 radical (unpaired) electrons. The second-order valence-corrected chi connectivity index (χ2v) is 5.19. The van der Waals surface area contributed by atoms with Crippen LogP contribution in [-0.2, 0) is 16.6 Å². The fourth-order valence-electron chi connectivity index (χ4n) is 1.47. The molecule has 96 valence electrons. The first-order chi connectivity index (χ1) is 8.47. The number of hydrogen-bond donors (Lipinski definition) is 3. The maximum absolute atomic E-state index is 11.1. The fourth-order valence-corrected chi connectivity index (χ4v) is 2.08. The number of nitrogens with two attached hydrogens (primary N) is 1. The molecule has 0 amide bonds. The quantitative estimate of drug-likeness (QED) is 0.773. The molecule has 7 heteroatoms. The van der Waals surface area contributed by atoms with Gasteiger partial charge in [-0.05, 0) is 24.3 Å². The van der Waals surface area contributed by atoms with Crippen LogP contribution in [0, 0.1) is 0 Å². The van der Waals surface area contributed by atoms with E-state index in [0.717, 1.165) is 5.76 Å². The smallest absolute Gasteiger partial charge is 0.241 e. The largest absolute Gasteiger partial charge is 0.506 e. The molecule has 0 aliphatic rings. The molecule has 0 aliphatic carbocycles. The zero-order valence-corrected chi connectivity index (χ0v) is 10.1. The third-order valence-corrected chi connectivity index (χ3v) is 3.27. The molecule has 18 heavy (non-hydrogen) atoms. The third kappa shape index (κ3) is 2.82. The zero-order valence-electron chi connectivity index (χ0n) is 9.33. The number of nitrogens with one attached hydrogen (secondary N) is 1. The molecular weight excluding hydrogens is 256 g/mol. The van der Waals surface area contributed by atoms with Crippen molar-refractivity contribution in [1.82, 2.24) is 0 Å². The second-order valence-electron chi connectivity index (χ2n) is 3.66. The number of sulfonamides is 1. The number of primary sulfonamides is 1. The Morgan fingerprint density at radius 2 is 2.11 bits per heavy atom. The van der Waals surface area contributed by atoms with Gasteiger partial charge in [-0.1, -0.05) is 0 Å². The number of furan rings is 1. The Hall–Kier alpha value is -1.99. The number of phenols is 1. The first-order valence-corrected chi connectivity index (χ1v) is 6.63. The van der Waals surface area contributed by atoms with E-state index in [0.29, 0.717) is 12.2 Å². The maximum atomic E-state index is 11.1. The molecule has 2 aromatic rings. The van der Waals surface area contributed by atoms with Crippen LogP contribution in [0.2, 0.25) is 0 Å². The Bertz CT molecular complexity index is 635. The van der Waals surface area contributed by atoms with E-state index in [-0.39, 0.29) is 10.6 Å². The van der Waals surface area contributed by atoms with Crippen LogP contribution in [0.3, 0.4) is 0 Å². The van der Waals surface area contributed by atoms with Crippen LogP contribution < -0.4 is 10.5 Å². The van der Waals surface area contributed by atoms with Gasteiger partial charge in [0.25, 0.3) is 0 Å². The lowest BCUT2D eigenvalue weighted by atomic mass is 10.3. The molecule has 1 aromatic carbocycles. The lowest BCUT2D eigenvalue weighted by Gasteiger charge is -2.07. The van der Waals surface area contributed by atoms with E-state index in [1.54, 1.807) is 18.4 Å². The Balaban J connectivity index is 2.14. The van der Waals surface area contributed by atoms with Crippen LogP contribution >= 0.6 is 0 Å². The minimum absolute atomic E-state index is 0.300. The lowest BCUT2D eigenvalue weighted by Crippen LogP contribution is -2.12. The third-order valence-electron chi connectivity index (χ3n) is 2.31. The number of phenolic OH excluding ortho intramolecular Hbond substituents is 1. The molecule has 0 saturated heterocycles. The molecule has 0 bridgehead atoms. The van der Waals surface area contributed by atoms with Crippen molar-refractivity contribution in [3.63, 3.8) is 0 Å². The van der Waals surface area contributed by atoms with Crippen molar-refractivity contribution < 1.29 is 17.9 Å². The van der Waals surface area contributed by atoms with Gasteiger partial charge in [0.2, 0.25) is 10.0 Å². The number of rotatable bonds is 4. The van der Waals surface area contributed by atoms with Crippen LogP contribution in [-0.4, -0.2) is 13.5 Å². The summed E-state index contributed by atoms with van der Waals surface area (Å²) in [6, 6.07) is 7.62. The monoisotopic (exact) mass is 268 g/mol. The van der Waals surface area contributed by atoms with Crippen LogP contribution in [0.25, 0.3) is 0 Å². The van der Waals surface area contributed by atoms with Crippen LogP contribution in [0.1, 0.15) is 5.76 Å². The molecule has 6 nitrogen and oxygen atoms in total. The summed E-state index contributed by atoms with van der Waals surface area (Å²) in [6.45, 7) is 0.432. The van der Waals surface area contributed by atoms with E-state index >= 15 is 0 Å². The van der Waals surface area contributed by atoms with E-state index in [9.17, 15) is 13.5 Å². The Morgan fingerprint density at radius 3 is 2.67 bits per heavy atom. The predicted octanol–water partition coefficient (Wildman–Crippen LogP) is 1.24. The van der Waals surface area contributed by atoms with Crippen molar-refractivity contribution in [3.05, 3.63) is 42.4 Å². The van der Waals surface area contributed by atoms with Crippen LogP contribution in [0.4, 0.5) is 5.69 Å². The minimum Gasteiger partial charge on any atom is -0.506 e. The molecule has 0 atom stereocenters. The standard InChI is InChI=1S/C11H12N2O4S/c12-18(15,16)11-4-3-8(6-10(11)14)13-7-9-2-1-5-17-9/h1-6,13-14H,7H2,(H2,12,15,16). The maximum Gasteiger partial charge on any atom is 0.241 e. The van der Waals surface area contributed by atoms with Crippen molar-refractivity contribution in [1.29, 1.82) is 0 Å². The Labute approximate surface area is 104 Å². The van der Waals surface area contributed by atoms with Gasteiger partial charge in [0, 0.05) is 11.8 Å². The molecule has 1 heterocycles. The molecule has 0 saturated carbocycles.